The summed E-state index contributed by atoms with van der Waals surface area (Å²) < 4.78 is 0. The van der Waals surface area contributed by atoms with Crippen molar-refractivity contribution in [1.82, 2.24) is 4.90 Å². The minimum atomic E-state index is 0.800. The molecule has 0 bridgehead atoms. The minimum absolute atomic E-state index is 0.800. The number of unbranched alkanes of at least 4 members (excludes halogenated alkanes) is 2. The van der Waals surface area contributed by atoms with Crippen LogP contribution in [0.1, 0.15) is 59.3 Å². The molecule has 1 atom stereocenters. The Balaban J connectivity index is 3.90. The van der Waals surface area contributed by atoms with E-state index in [1.807, 2.05) is 0 Å². The summed E-state index contributed by atoms with van der Waals surface area (Å²) in [4.78, 5) is 2.56. The van der Waals surface area contributed by atoms with E-state index in [2.05, 4.69) is 25.7 Å². The van der Waals surface area contributed by atoms with Gasteiger partial charge in [0.05, 0.1) is 0 Å². The maximum atomic E-state index is 5.68. The zero-order valence-corrected chi connectivity index (χ0v) is 11.7. The van der Waals surface area contributed by atoms with Gasteiger partial charge in [0.2, 0.25) is 0 Å². The van der Waals surface area contributed by atoms with Crippen LogP contribution >= 0.6 is 0 Å². The molecule has 0 saturated carbocycles. The predicted molar refractivity (Wildman–Crippen MR) is 73.7 cm³/mol. The van der Waals surface area contributed by atoms with E-state index >= 15 is 0 Å². The first-order chi connectivity index (χ1) is 7.78. The van der Waals surface area contributed by atoms with E-state index in [0.717, 1.165) is 19.0 Å². The molecule has 0 aromatic rings. The largest absolute Gasteiger partial charge is 0.329 e. The minimum Gasteiger partial charge on any atom is -0.329 e. The standard InChI is InChI=1S/C14H32N2/c1-4-7-9-14(6-3)13-16(12-10-15)11-8-5-2/h14H,4-13,15H2,1-3H3. The molecule has 0 saturated heterocycles. The van der Waals surface area contributed by atoms with Crippen LogP contribution in [0.4, 0.5) is 0 Å². The molecule has 16 heavy (non-hydrogen) atoms. The van der Waals surface area contributed by atoms with Crippen LogP contribution in [-0.4, -0.2) is 31.1 Å². The van der Waals surface area contributed by atoms with E-state index in [-0.39, 0.29) is 0 Å². The molecule has 0 rings (SSSR count). The van der Waals surface area contributed by atoms with Gasteiger partial charge < -0.3 is 10.6 Å². The summed E-state index contributed by atoms with van der Waals surface area (Å²) in [6.07, 6.45) is 8.00. The van der Waals surface area contributed by atoms with Gasteiger partial charge in [0.25, 0.3) is 0 Å². The predicted octanol–water partition coefficient (Wildman–Crippen LogP) is 3.26. The Morgan fingerprint density at radius 3 is 2.19 bits per heavy atom. The third kappa shape index (κ3) is 8.12. The van der Waals surface area contributed by atoms with Crippen LogP contribution in [0.3, 0.4) is 0 Å². The number of nitrogens with zero attached hydrogens (tertiary/aromatic N) is 1. The first-order valence-corrected chi connectivity index (χ1v) is 7.20. The lowest BCUT2D eigenvalue weighted by atomic mass is 9.98. The van der Waals surface area contributed by atoms with Gasteiger partial charge in [0.1, 0.15) is 0 Å². The van der Waals surface area contributed by atoms with Gasteiger partial charge in [0, 0.05) is 19.6 Å². The van der Waals surface area contributed by atoms with Gasteiger partial charge in [0.15, 0.2) is 0 Å². The SMILES string of the molecule is CCCCC(CC)CN(CCN)CCCC. The van der Waals surface area contributed by atoms with E-state index < -0.39 is 0 Å². The molecule has 0 fully saturated rings. The number of rotatable bonds is 11. The van der Waals surface area contributed by atoms with Crippen LogP contribution in [0.15, 0.2) is 0 Å². The summed E-state index contributed by atoms with van der Waals surface area (Å²) >= 11 is 0. The van der Waals surface area contributed by atoms with E-state index in [0.29, 0.717) is 0 Å². The highest BCUT2D eigenvalue weighted by atomic mass is 15.1. The topological polar surface area (TPSA) is 29.3 Å². The molecule has 0 aliphatic rings. The molecule has 2 nitrogen and oxygen atoms in total. The van der Waals surface area contributed by atoms with Crippen LogP contribution in [0, 0.1) is 5.92 Å². The second kappa shape index (κ2) is 11.4. The van der Waals surface area contributed by atoms with Gasteiger partial charge in [-0.05, 0) is 25.3 Å². The molecule has 0 aliphatic heterocycles. The lowest BCUT2D eigenvalue weighted by Gasteiger charge is -2.26. The average Bonchev–Trinajstić information content (AvgIpc) is 2.31. The highest BCUT2D eigenvalue weighted by Crippen LogP contribution is 2.14. The maximum absolute atomic E-state index is 5.68. The van der Waals surface area contributed by atoms with Crippen molar-refractivity contribution in [3.63, 3.8) is 0 Å². The highest BCUT2D eigenvalue weighted by Gasteiger charge is 2.11. The molecule has 98 valence electrons. The molecular formula is C14H32N2. The number of hydrogen-bond donors (Lipinski definition) is 1. The maximum Gasteiger partial charge on any atom is 0.0105 e. The average molecular weight is 228 g/mol. The fraction of sp³-hybridized carbons (Fsp3) is 1.00. The second-order valence-electron chi connectivity index (χ2n) is 4.86. The summed E-state index contributed by atoms with van der Waals surface area (Å²) in [5, 5.41) is 0. The number of hydrogen-bond acceptors (Lipinski definition) is 2. The Bertz CT molecular complexity index is 137. The monoisotopic (exact) mass is 228 g/mol. The Labute approximate surface area is 103 Å². The molecule has 0 spiro atoms. The molecule has 2 N–H and O–H groups in total. The lowest BCUT2D eigenvalue weighted by Crippen LogP contribution is -2.34. The molecule has 0 radical (unpaired) electrons. The Morgan fingerprint density at radius 2 is 1.69 bits per heavy atom. The van der Waals surface area contributed by atoms with Crippen molar-refractivity contribution in [1.29, 1.82) is 0 Å². The molecule has 0 aromatic heterocycles. The van der Waals surface area contributed by atoms with Crippen molar-refractivity contribution in [3.05, 3.63) is 0 Å². The summed E-state index contributed by atoms with van der Waals surface area (Å²) in [5.41, 5.74) is 5.68. The fourth-order valence-electron chi connectivity index (χ4n) is 2.14. The third-order valence-electron chi connectivity index (χ3n) is 3.33. The van der Waals surface area contributed by atoms with Crippen molar-refractivity contribution in [2.45, 2.75) is 59.3 Å². The van der Waals surface area contributed by atoms with E-state index in [9.17, 15) is 0 Å². The van der Waals surface area contributed by atoms with Gasteiger partial charge in [-0.15, -0.1) is 0 Å². The van der Waals surface area contributed by atoms with Crippen LogP contribution < -0.4 is 5.73 Å². The molecule has 1 unspecified atom stereocenters. The smallest absolute Gasteiger partial charge is 0.0105 e. The highest BCUT2D eigenvalue weighted by molar-refractivity contribution is 4.66. The lowest BCUT2D eigenvalue weighted by molar-refractivity contribution is 0.221. The van der Waals surface area contributed by atoms with Crippen molar-refractivity contribution >= 4 is 0 Å². The zero-order chi connectivity index (χ0) is 12.2. The van der Waals surface area contributed by atoms with E-state index in [1.165, 1.54) is 51.6 Å². The van der Waals surface area contributed by atoms with Crippen LogP contribution in [0.2, 0.25) is 0 Å². The third-order valence-corrected chi connectivity index (χ3v) is 3.33. The van der Waals surface area contributed by atoms with Crippen molar-refractivity contribution in [2.24, 2.45) is 11.7 Å². The quantitative estimate of drug-likeness (QED) is 0.588. The summed E-state index contributed by atoms with van der Waals surface area (Å²) in [6, 6.07) is 0. The van der Waals surface area contributed by atoms with Gasteiger partial charge in [-0.2, -0.15) is 0 Å². The van der Waals surface area contributed by atoms with Crippen LogP contribution in [-0.2, 0) is 0 Å². The Kier molecular flexibility index (Phi) is 11.3. The Morgan fingerprint density at radius 1 is 1.00 bits per heavy atom. The van der Waals surface area contributed by atoms with Crippen LogP contribution in [0.5, 0.6) is 0 Å². The van der Waals surface area contributed by atoms with Crippen molar-refractivity contribution < 1.29 is 0 Å². The van der Waals surface area contributed by atoms with Gasteiger partial charge in [-0.25, -0.2) is 0 Å². The Hall–Kier alpha value is -0.0800. The van der Waals surface area contributed by atoms with Crippen molar-refractivity contribution in [3.8, 4) is 0 Å². The van der Waals surface area contributed by atoms with Crippen LogP contribution in [0.25, 0.3) is 0 Å². The number of nitrogens with two attached hydrogens (primary N) is 1. The summed E-state index contributed by atoms with van der Waals surface area (Å²) in [7, 11) is 0. The molecule has 0 aromatic carbocycles. The molecular weight excluding hydrogens is 196 g/mol. The van der Waals surface area contributed by atoms with E-state index in [4.69, 9.17) is 5.73 Å². The molecule has 0 amide bonds. The van der Waals surface area contributed by atoms with E-state index in [1.54, 1.807) is 0 Å². The van der Waals surface area contributed by atoms with Gasteiger partial charge >= 0.3 is 0 Å². The van der Waals surface area contributed by atoms with Crippen molar-refractivity contribution in [2.75, 3.05) is 26.2 Å². The molecule has 2 heteroatoms. The first-order valence-electron chi connectivity index (χ1n) is 7.20. The zero-order valence-electron chi connectivity index (χ0n) is 11.7. The van der Waals surface area contributed by atoms with Gasteiger partial charge in [-0.1, -0.05) is 46.5 Å². The van der Waals surface area contributed by atoms with Gasteiger partial charge in [-0.3, -0.25) is 0 Å². The second-order valence-corrected chi connectivity index (χ2v) is 4.86. The molecule has 0 heterocycles. The normalized spacial score (nSPS) is 13.3. The molecule has 0 aliphatic carbocycles. The summed E-state index contributed by atoms with van der Waals surface area (Å²) in [6.45, 7) is 11.2. The first kappa shape index (κ1) is 15.9. The fourth-order valence-corrected chi connectivity index (χ4v) is 2.14. The summed E-state index contributed by atoms with van der Waals surface area (Å²) in [5.74, 6) is 0.878.